The Kier molecular flexibility index (Phi) is 3.82. The minimum absolute atomic E-state index is 0.342. The molecule has 0 saturated carbocycles. The summed E-state index contributed by atoms with van der Waals surface area (Å²) < 4.78 is 32.3. The van der Waals surface area contributed by atoms with Gasteiger partial charge in [-0.1, -0.05) is 0 Å². The molecule has 0 bridgehead atoms. The van der Waals surface area contributed by atoms with Crippen molar-refractivity contribution < 1.29 is 28.2 Å². The first-order valence-electron chi connectivity index (χ1n) is 4.29. The molecule has 0 aromatic heterocycles. The normalized spacial score (nSPS) is 9.82. The van der Waals surface area contributed by atoms with Crippen LogP contribution >= 0.6 is 0 Å². The van der Waals surface area contributed by atoms with E-state index in [4.69, 9.17) is 5.26 Å². The standard InChI is InChI=1S/C10H7F2NO4/c1-16-9(15)6-2-5(17-10(11)12)3-8(14)7(6)4-13/h2-3,10,14H,1H3. The summed E-state index contributed by atoms with van der Waals surface area (Å²) in [6.07, 6.45) is 0. The molecule has 7 heteroatoms. The molecule has 0 aliphatic rings. The van der Waals surface area contributed by atoms with Crippen molar-refractivity contribution in [2.45, 2.75) is 6.61 Å². The molecule has 0 radical (unpaired) electrons. The third kappa shape index (κ3) is 2.81. The Hall–Kier alpha value is -2.36. The Morgan fingerprint density at radius 3 is 2.65 bits per heavy atom. The lowest BCUT2D eigenvalue weighted by Crippen LogP contribution is -2.07. The number of nitriles is 1. The highest BCUT2D eigenvalue weighted by Gasteiger charge is 2.19. The van der Waals surface area contributed by atoms with Crippen molar-refractivity contribution in [1.29, 1.82) is 5.26 Å². The summed E-state index contributed by atoms with van der Waals surface area (Å²) in [7, 11) is 1.06. The van der Waals surface area contributed by atoms with Gasteiger partial charge in [0.15, 0.2) is 0 Å². The van der Waals surface area contributed by atoms with E-state index in [9.17, 15) is 18.7 Å². The molecule has 0 saturated heterocycles. The smallest absolute Gasteiger partial charge is 0.387 e. The van der Waals surface area contributed by atoms with Crippen LogP contribution in [0.15, 0.2) is 12.1 Å². The van der Waals surface area contributed by atoms with E-state index in [1.807, 2.05) is 0 Å². The Morgan fingerprint density at radius 2 is 2.18 bits per heavy atom. The van der Waals surface area contributed by atoms with E-state index < -0.39 is 24.1 Å². The number of carbonyl (C=O) groups is 1. The molecule has 1 aromatic carbocycles. The van der Waals surface area contributed by atoms with Crippen molar-refractivity contribution in [3.8, 4) is 17.6 Å². The summed E-state index contributed by atoms with van der Waals surface area (Å²) in [5.74, 6) is -2.00. The SMILES string of the molecule is COC(=O)c1cc(OC(F)F)cc(O)c1C#N. The molecule has 0 amide bonds. The molecule has 1 rings (SSSR count). The molecule has 0 aliphatic heterocycles. The van der Waals surface area contributed by atoms with E-state index in [-0.39, 0.29) is 11.1 Å². The zero-order valence-corrected chi connectivity index (χ0v) is 8.61. The highest BCUT2D eigenvalue weighted by molar-refractivity contribution is 5.93. The Balaban J connectivity index is 3.29. The molecule has 1 aromatic rings. The fourth-order valence-corrected chi connectivity index (χ4v) is 1.16. The number of hydrogen-bond acceptors (Lipinski definition) is 5. The highest BCUT2D eigenvalue weighted by atomic mass is 19.3. The van der Waals surface area contributed by atoms with Gasteiger partial charge >= 0.3 is 12.6 Å². The predicted octanol–water partition coefficient (Wildman–Crippen LogP) is 1.65. The Bertz CT molecular complexity index is 482. The number of nitrogens with zero attached hydrogens (tertiary/aromatic N) is 1. The molecule has 0 spiro atoms. The highest BCUT2D eigenvalue weighted by Crippen LogP contribution is 2.28. The largest absolute Gasteiger partial charge is 0.506 e. The van der Waals surface area contributed by atoms with Crippen molar-refractivity contribution in [3.05, 3.63) is 23.3 Å². The van der Waals surface area contributed by atoms with Gasteiger partial charge in [0.2, 0.25) is 0 Å². The van der Waals surface area contributed by atoms with Gasteiger partial charge in [0.25, 0.3) is 0 Å². The molecule has 0 atom stereocenters. The Morgan fingerprint density at radius 1 is 1.53 bits per heavy atom. The molecule has 0 aliphatic carbocycles. The third-order valence-electron chi connectivity index (χ3n) is 1.83. The molecule has 0 fully saturated rings. The summed E-state index contributed by atoms with van der Waals surface area (Å²) in [4.78, 5) is 11.3. The van der Waals surface area contributed by atoms with Gasteiger partial charge < -0.3 is 14.6 Å². The van der Waals surface area contributed by atoms with Gasteiger partial charge in [-0.25, -0.2) is 4.79 Å². The second-order valence-corrected chi connectivity index (χ2v) is 2.85. The van der Waals surface area contributed by atoms with E-state index >= 15 is 0 Å². The van der Waals surface area contributed by atoms with Crippen molar-refractivity contribution in [2.75, 3.05) is 7.11 Å². The molecule has 5 nitrogen and oxygen atoms in total. The monoisotopic (exact) mass is 243 g/mol. The number of esters is 1. The van der Waals surface area contributed by atoms with Gasteiger partial charge in [-0.15, -0.1) is 0 Å². The van der Waals surface area contributed by atoms with E-state index in [0.717, 1.165) is 19.2 Å². The van der Waals surface area contributed by atoms with E-state index in [2.05, 4.69) is 9.47 Å². The molecule has 17 heavy (non-hydrogen) atoms. The van der Waals surface area contributed by atoms with Crippen LogP contribution in [0, 0.1) is 11.3 Å². The number of benzene rings is 1. The minimum Gasteiger partial charge on any atom is -0.506 e. The quantitative estimate of drug-likeness (QED) is 0.816. The van der Waals surface area contributed by atoms with Gasteiger partial charge in [0, 0.05) is 6.07 Å². The predicted molar refractivity (Wildman–Crippen MR) is 50.8 cm³/mol. The number of hydrogen-bond donors (Lipinski definition) is 1. The van der Waals surface area contributed by atoms with Crippen molar-refractivity contribution in [2.24, 2.45) is 0 Å². The van der Waals surface area contributed by atoms with Gasteiger partial charge in [0.1, 0.15) is 23.1 Å². The van der Waals surface area contributed by atoms with Crippen LogP contribution in [0.5, 0.6) is 11.5 Å². The fraction of sp³-hybridized carbons (Fsp3) is 0.200. The molecule has 1 N–H and O–H groups in total. The average Bonchev–Trinajstić information content (AvgIpc) is 2.26. The molecular formula is C10H7F2NO4. The maximum absolute atomic E-state index is 12.0. The lowest BCUT2D eigenvalue weighted by molar-refractivity contribution is -0.0500. The first-order chi connectivity index (χ1) is 7.99. The second-order valence-electron chi connectivity index (χ2n) is 2.85. The number of carbonyl (C=O) groups excluding carboxylic acids is 1. The molecule has 0 heterocycles. The van der Waals surface area contributed by atoms with E-state index in [1.54, 1.807) is 6.07 Å². The van der Waals surface area contributed by atoms with Crippen molar-refractivity contribution in [3.63, 3.8) is 0 Å². The molecule has 90 valence electrons. The lowest BCUT2D eigenvalue weighted by Gasteiger charge is -2.08. The van der Waals surface area contributed by atoms with Crippen LogP contribution in [0.4, 0.5) is 8.78 Å². The van der Waals surface area contributed by atoms with Gasteiger partial charge in [-0.2, -0.15) is 14.0 Å². The Labute approximate surface area is 94.8 Å². The van der Waals surface area contributed by atoms with Crippen LogP contribution in [0.25, 0.3) is 0 Å². The van der Waals surface area contributed by atoms with Crippen LogP contribution in [0.1, 0.15) is 15.9 Å². The van der Waals surface area contributed by atoms with Crippen LogP contribution in [0.2, 0.25) is 0 Å². The number of rotatable bonds is 3. The van der Waals surface area contributed by atoms with Crippen LogP contribution in [-0.2, 0) is 4.74 Å². The number of halogens is 2. The van der Waals surface area contributed by atoms with Crippen LogP contribution < -0.4 is 4.74 Å². The first-order valence-corrected chi connectivity index (χ1v) is 4.29. The lowest BCUT2D eigenvalue weighted by atomic mass is 10.1. The zero-order valence-electron chi connectivity index (χ0n) is 8.61. The number of ether oxygens (including phenoxy) is 2. The topological polar surface area (TPSA) is 79.6 Å². The van der Waals surface area contributed by atoms with Gasteiger partial charge in [-0.3, -0.25) is 0 Å². The maximum Gasteiger partial charge on any atom is 0.387 e. The summed E-state index contributed by atoms with van der Waals surface area (Å²) in [6.45, 7) is -3.10. The summed E-state index contributed by atoms with van der Waals surface area (Å²) >= 11 is 0. The summed E-state index contributed by atoms with van der Waals surface area (Å²) in [6, 6.07) is 3.28. The molecule has 0 unspecified atom stereocenters. The van der Waals surface area contributed by atoms with Crippen LogP contribution in [-0.4, -0.2) is 24.8 Å². The third-order valence-corrected chi connectivity index (χ3v) is 1.83. The van der Waals surface area contributed by atoms with E-state index in [0.29, 0.717) is 0 Å². The number of alkyl halides is 2. The van der Waals surface area contributed by atoms with E-state index in [1.165, 1.54) is 0 Å². The number of aromatic hydroxyl groups is 1. The first kappa shape index (κ1) is 12.7. The van der Waals surface area contributed by atoms with Gasteiger partial charge in [-0.05, 0) is 6.07 Å². The summed E-state index contributed by atoms with van der Waals surface area (Å²) in [5, 5.41) is 18.1. The minimum atomic E-state index is -3.10. The number of methoxy groups -OCH3 is 1. The average molecular weight is 243 g/mol. The zero-order chi connectivity index (χ0) is 13.0. The van der Waals surface area contributed by atoms with Crippen molar-refractivity contribution in [1.82, 2.24) is 0 Å². The number of phenolic OH excluding ortho intramolecular Hbond substituents is 1. The maximum atomic E-state index is 12.0. The number of phenols is 1. The molecular weight excluding hydrogens is 236 g/mol. The summed E-state index contributed by atoms with van der Waals surface area (Å²) in [5.41, 5.74) is -0.705. The van der Waals surface area contributed by atoms with Gasteiger partial charge in [0.05, 0.1) is 12.7 Å². The second kappa shape index (κ2) is 5.12. The van der Waals surface area contributed by atoms with Crippen LogP contribution in [0.3, 0.4) is 0 Å². The fourth-order valence-electron chi connectivity index (χ4n) is 1.16. The van der Waals surface area contributed by atoms with Crippen molar-refractivity contribution >= 4 is 5.97 Å².